The van der Waals surface area contributed by atoms with Crippen LogP contribution in [0.4, 0.5) is 5.69 Å². The highest BCUT2D eigenvalue weighted by molar-refractivity contribution is 5.94. The lowest BCUT2D eigenvalue weighted by atomic mass is 10.1. The molecule has 23 heavy (non-hydrogen) atoms. The third kappa shape index (κ3) is 4.36. The molecule has 0 saturated carbocycles. The summed E-state index contributed by atoms with van der Waals surface area (Å²) < 4.78 is 5.10. The van der Waals surface area contributed by atoms with Gasteiger partial charge in [-0.3, -0.25) is 4.79 Å². The molecule has 1 atom stereocenters. The van der Waals surface area contributed by atoms with Crippen molar-refractivity contribution in [1.29, 1.82) is 0 Å². The molecule has 1 unspecified atom stereocenters. The Bertz CT molecular complexity index is 606. The number of furan rings is 1. The van der Waals surface area contributed by atoms with Crippen molar-refractivity contribution in [3.63, 3.8) is 0 Å². The monoisotopic (exact) mass is 316 g/mol. The highest BCUT2D eigenvalue weighted by Gasteiger charge is 2.14. The minimum Gasteiger partial charge on any atom is -0.467 e. The normalized spacial score (nSPS) is 12.2. The maximum Gasteiger partial charge on any atom is 0.251 e. The molecule has 1 heterocycles. The molecule has 2 aromatic rings. The number of hydrogen-bond donors (Lipinski definition) is 2. The first kappa shape index (κ1) is 17.1. The average molecular weight is 316 g/mol. The van der Waals surface area contributed by atoms with Crippen molar-refractivity contribution in [1.82, 2.24) is 5.32 Å². The molecule has 1 aromatic heterocycles. The Balaban J connectivity index is 1.95. The molecule has 1 amide bonds. The number of aliphatic hydroxyl groups is 1. The van der Waals surface area contributed by atoms with Crippen molar-refractivity contribution in [3.05, 3.63) is 54.0 Å². The first-order valence-corrected chi connectivity index (χ1v) is 7.89. The predicted molar refractivity (Wildman–Crippen MR) is 90.6 cm³/mol. The molecule has 0 spiro atoms. The fourth-order valence-electron chi connectivity index (χ4n) is 2.52. The van der Waals surface area contributed by atoms with Gasteiger partial charge in [-0.05, 0) is 57.2 Å². The summed E-state index contributed by atoms with van der Waals surface area (Å²) in [5.74, 6) is 0.228. The first-order valence-electron chi connectivity index (χ1n) is 7.89. The van der Waals surface area contributed by atoms with Gasteiger partial charge in [-0.25, -0.2) is 0 Å². The van der Waals surface area contributed by atoms with Crippen LogP contribution in [0.1, 0.15) is 43.0 Å². The van der Waals surface area contributed by atoms with E-state index in [0.29, 0.717) is 17.4 Å². The van der Waals surface area contributed by atoms with Crippen molar-refractivity contribution in [2.45, 2.75) is 32.9 Å². The molecule has 2 rings (SSSR count). The van der Waals surface area contributed by atoms with Gasteiger partial charge in [0.15, 0.2) is 0 Å². The van der Waals surface area contributed by atoms with Crippen LogP contribution in [0.2, 0.25) is 0 Å². The third-order valence-corrected chi connectivity index (χ3v) is 3.75. The van der Waals surface area contributed by atoms with E-state index in [1.807, 2.05) is 12.1 Å². The number of carbonyl (C=O) groups excluding carboxylic acids is 1. The second kappa shape index (κ2) is 7.83. The van der Waals surface area contributed by atoms with Gasteiger partial charge in [-0.15, -0.1) is 0 Å². The summed E-state index contributed by atoms with van der Waals surface area (Å²) in [7, 11) is 0. The van der Waals surface area contributed by atoms with Gasteiger partial charge in [0, 0.05) is 23.8 Å². The molecule has 5 nitrogen and oxygen atoms in total. The molecule has 2 N–H and O–H groups in total. The maximum absolute atomic E-state index is 12.1. The van der Waals surface area contributed by atoms with E-state index in [9.17, 15) is 9.90 Å². The van der Waals surface area contributed by atoms with Crippen molar-refractivity contribution in [2.24, 2.45) is 0 Å². The largest absolute Gasteiger partial charge is 0.467 e. The standard InChI is InChI=1S/C18H24N2O3/c1-4-20(13(2)3)15-9-7-14(8-10-15)18(22)19-12-16(21)17-6-5-11-23-17/h5-11,13,16,21H,4,12H2,1-3H3,(H,19,22). The second-order valence-corrected chi connectivity index (χ2v) is 5.67. The minimum atomic E-state index is -0.843. The molecular formula is C18H24N2O3. The summed E-state index contributed by atoms with van der Waals surface area (Å²) in [6.07, 6.45) is 0.651. The minimum absolute atomic E-state index is 0.112. The van der Waals surface area contributed by atoms with E-state index in [1.54, 1.807) is 24.3 Å². The quantitative estimate of drug-likeness (QED) is 0.824. The van der Waals surface area contributed by atoms with Gasteiger partial charge in [0.05, 0.1) is 12.8 Å². The molecule has 0 radical (unpaired) electrons. The van der Waals surface area contributed by atoms with E-state index in [2.05, 4.69) is 31.0 Å². The van der Waals surface area contributed by atoms with Gasteiger partial charge >= 0.3 is 0 Å². The second-order valence-electron chi connectivity index (χ2n) is 5.67. The number of benzene rings is 1. The predicted octanol–water partition coefficient (Wildman–Crippen LogP) is 2.98. The SMILES string of the molecule is CCN(c1ccc(C(=O)NCC(O)c2ccco2)cc1)C(C)C. The highest BCUT2D eigenvalue weighted by Crippen LogP contribution is 2.18. The van der Waals surface area contributed by atoms with E-state index in [1.165, 1.54) is 6.26 Å². The molecule has 1 aromatic carbocycles. The van der Waals surface area contributed by atoms with Crippen molar-refractivity contribution >= 4 is 11.6 Å². The number of nitrogens with zero attached hydrogens (tertiary/aromatic N) is 1. The summed E-state index contributed by atoms with van der Waals surface area (Å²) in [4.78, 5) is 14.4. The van der Waals surface area contributed by atoms with Crippen LogP contribution in [0, 0.1) is 0 Å². The third-order valence-electron chi connectivity index (χ3n) is 3.75. The van der Waals surface area contributed by atoms with Crippen LogP contribution < -0.4 is 10.2 Å². The van der Waals surface area contributed by atoms with Crippen LogP contribution in [0.15, 0.2) is 47.1 Å². The molecule has 0 bridgehead atoms. The zero-order chi connectivity index (χ0) is 16.8. The topological polar surface area (TPSA) is 65.7 Å². The molecule has 0 fully saturated rings. The molecular weight excluding hydrogens is 292 g/mol. The lowest BCUT2D eigenvalue weighted by molar-refractivity contribution is 0.0901. The average Bonchev–Trinajstić information content (AvgIpc) is 3.08. The van der Waals surface area contributed by atoms with Gasteiger partial charge in [-0.2, -0.15) is 0 Å². The van der Waals surface area contributed by atoms with Crippen molar-refractivity contribution in [2.75, 3.05) is 18.0 Å². The summed E-state index contributed by atoms with van der Waals surface area (Å²) in [6.45, 7) is 7.41. The summed E-state index contributed by atoms with van der Waals surface area (Å²) in [6, 6.07) is 11.3. The molecule has 5 heteroatoms. The Morgan fingerprint density at radius 3 is 2.48 bits per heavy atom. The Hall–Kier alpha value is -2.27. The van der Waals surface area contributed by atoms with E-state index in [4.69, 9.17) is 4.42 Å². The zero-order valence-corrected chi connectivity index (χ0v) is 13.8. The Morgan fingerprint density at radius 2 is 1.96 bits per heavy atom. The Morgan fingerprint density at radius 1 is 1.26 bits per heavy atom. The zero-order valence-electron chi connectivity index (χ0n) is 13.8. The van der Waals surface area contributed by atoms with Crippen LogP contribution in [-0.4, -0.2) is 30.1 Å². The van der Waals surface area contributed by atoms with Gasteiger partial charge < -0.3 is 19.7 Å². The van der Waals surface area contributed by atoms with Crippen LogP contribution in [0.25, 0.3) is 0 Å². The summed E-state index contributed by atoms with van der Waals surface area (Å²) >= 11 is 0. The van der Waals surface area contributed by atoms with Crippen molar-refractivity contribution < 1.29 is 14.3 Å². The molecule has 0 aliphatic rings. The molecule has 0 aliphatic carbocycles. The Labute approximate surface area is 136 Å². The Kier molecular flexibility index (Phi) is 5.82. The number of anilines is 1. The molecule has 124 valence electrons. The molecule has 0 aliphatic heterocycles. The van der Waals surface area contributed by atoms with E-state index in [0.717, 1.165) is 12.2 Å². The lowest BCUT2D eigenvalue weighted by Crippen LogP contribution is -2.30. The highest BCUT2D eigenvalue weighted by atomic mass is 16.4. The number of aliphatic hydroxyl groups excluding tert-OH is 1. The number of amides is 1. The number of nitrogens with one attached hydrogen (secondary N) is 1. The van der Waals surface area contributed by atoms with E-state index >= 15 is 0 Å². The van der Waals surface area contributed by atoms with Crippen LogP contribution in [0.3, 0.4) is 0 Å². The fraction of sp³-hybridized carbons (Fsp3) is 0.389. The number of hydrogen-bond acceptors (Lipinski definition) is 4. The summed E-state index contributed by atoms with van der Waals surface area (Å²) in [5.41, 5.74) is 1.66. The fourth-order valence-corrected chi connectivity index (χ4v) is 2.52. The van der Waals surface area contributed by atoms with Crippen LogP contribution >= 0.6 is 0 Å². The van der Waals surface area contributed by atoms with Gasteiger partial charge in [0.2, 0.25) is 0 Å². The van der Waals surface area contributed by atoms with Crippen LogP contribution in [0.5, 0.6) is 0 Å². The lowest BCUT2D eigenvalue weighted by Gasteiger charge is -2.27. The van der Waals surface area contributed by atoms with E-state index in [-0.39, 0.29) is 12.5 Å². The smallest absolute Gasteiger partial charge is 0.251 e. The van der Waals surface area contributed by atoms with E-state index < -0.39 is 6.10 Å². The van der Waals surface area contributed by atoms with Gasteiger partial charge in [0.1, 0.15) is 11.9 Å². The first-order chi connectivity index (χ1) is 11.0. The van der Waals surface area contributed by atoms with Gasteiger partial charge in [-0.1, -0.05) is 0 Å². The maximum atomic E-state index is 12.1. The van der Waals surface area contributed by atoms with Gasteiger partial charge in [0.25, 0.3) is 5.91 Å². The molecule has 0 saturated heterocycles. The number of rotatable bonds is 7. The summed E-state index contributed by atoms with van der Waals surface area (Å²) in [5, 5.41) is 12.6. The van der Waals surface area contributed by atoms with Crippen LogP contribution in [-0.2, 0) is 0 Å². The number of carbonyl (C=O) groups is 1. The van der Waals surface area contributed by atoms with Crippen molar-refractivity contribution in [3.8, 4) is 0 Å².